The number of Topliss-reactive ketones (excluding diaryl/α,β-unsaturated/α-hetero) is 1. The van der Waals surface area contributed by atoms with Crippen molar-refractivity contribution in [1.29, 1.82) is 0 Å². The Kier molecular flexibility index (Phi) is 4.75. The van der Waals surface area contributed by atoms with Gasteiger partial charge in [-0.2, -0.15) is 0 Å². The zero-order chi connectivity index (χ0) is 18.8. The lowest BCUT2D eigenvalue weighted by Gasteiger charge is -2.14. The van der Waals surface area contributed by atoms with Gasteiger partial charge in [0.15, 0.2) is 28.8 Å². The number of allylic oxidation sites excluding steroid dienone is 1. The molecule has 0 saturated carbocycles. The Bertz CT molecular complexity index is 898. The van der Waals surface area contributed by atoms with Crippen LogP contribution in [0.2, 0.25) is 0 Å². The molecule has 0 fully saturated rings. The van der Waals surface area contributed by atoms with Crippen molar-refractivity contribution in [3.63, 3.8) is 0 Å². The summed E-state index contributed by atoms with van der Waals surface area (Å²) in [6, 6.07) is 6.78. The number of hydrogen-bond acceptors (Lipinski definition) is 6. The van der Waals surface area contributed by atoms with Crippen LogP contribution in [0.4, 0.5) is 0 Å². The lowest BCUT2D eigenvalue weighted by Crippen LogP contribution is -2.03. The normalized spacial score (nSPS) is 14.3. The first-order valence-electron chi connectivity index (χ1n) is 7.98. The number of phenols is 1. The molecule has 1 N–H and O–H groups in total. The summed E-state index contributed by atoms with van der Waals surface area (Å²) in [5, 5.41) is 9.93. The van der Waals surface area contributed by atoms with Crippen molar-refractivity contribution in [3.05, 3.63) is 46.5 Å². The number of ketones is 1. The Morgan fingerprint density at radius 3 is 2.19 bits per heavy atom. The molecule has 0 bridgehead atoms. The highest BCUT2D eigenvalue weighted by Crippen LogP contribution is 2.46. The first-order valence-corrected chi connectivity index (χ1v) is 7.98. The van der Waals surface area contributed by atoms with Crippen LogP contribution in [0.3, 0.4) is 0 Å². The number of phenolic OH excluding ortho intramolecular Hbond substituents is 1. The molecule has 6 heteroatoms. The molecule has 0 radical (unpaired) electrons. The van der Waals surface area contributed by atoms with Crippen LogP contribution in [0.25, 0.3) is 6.08 Å². The second-order valence-corrected chi connectivity index (χ2v) is 5.79. The summed E-state index contributed by atoms with van der Waals surface area (Å²) in [6.45, 7) is 0. The van der Waals surface area contributed by atoms with Crippen molar-refractivity contribution in [1.82, 2.24) is 0 Å². The number of benzene rings is 2. The number of methoxy groups -OCH3 is 4. The van der Waals surface area contributed by atoms with Gasteiger partial charge in [-0.15, -0.1) is 0 Å². The summed E-state index contributed by atoms with van der Waals surface area (Å²) in [5.41, 5.74) is 2.60. The molecule has 0 saturated heterocycles. The highest BCUT2D eigenvalue weighted by molar-refractivity contribution is 6.17. The number of carbonyl (C=O) groups excluding carboxylic acids is 1. The molecule has 1 aliphatic rings. The maximum atomic E-state index is 12.9. The highest BCUT2D eigenvalue weighted by atomic mass is 16.5. The third-order valence-corrected chi connectivity index (χ3v) is 4.36. The van der Waals surface area contributed by atoms with E-state index in [0.717, 1.165) is 5.56 Å². The van der Waals surface area contributed by atoms with Gasteiger partial charge in [-0.05, 0) is 35.4 Å². The van der Waals surface area contributed by atoms with Crippen LogP contribution in [0.15, 0.2) is 29.8 Å². The molecule has 0 aromatic heterocycles. The Labute approximate surface area is 151 Å². The van der Waals surface area contributed by atoms with Crippen LogP contribution in [0.1, 0.15) is 21.5 Å². The first kappa shape index (κ1) is 17.7. The zero-order valence-corrected chi connectivity index (χ0v) is 15.1. The summed E-state index contributed by atoms with van der Waals surface area (Å²) in [7, 11) is 6.02. The number of hydrogen-bond donors (Lipinski definition) is 1. The predicted octanol–water partition coefficient (Wildman–Crippen LogP) is 3.25. The number of rotatable bonds is 5. The highest BCUT2D eigenvalue weighted by Gasteiger charge is 2.32. The number of fused-ring (bicyclic) bond motifs is 1. The third-order valence-electron chi connectivity index (χ3n) is 4.36. The molecule has 0 amide bonds. The Morgan fingerprint density at radius 1 is 0.923 bits per heavy atom. The van der Waals surface area contributed by atoms with Gasteiger partial charge in [-0.25, -0.2) is 0 Å². The fourth-order valence-corrected chi connectivity index (χ4v) is 3.16. The molecule has 0 aliphatic heterocycles. The summed E-state index contributed by atoms with van der Waals surface area (Å²) < 4.78 is 21.2. The smallest absolute Gasteiger partial charge is 0.204 e. The third kappa shape index (κ3) is 2.83. The van der Waals surface area contributed by atoms with Crippen LogP contribution in [-0.4, -0.2) is 39.3 Å². The number of carbonyl (C=O) groups is 1. The minimum atomic E-state index is -0.131. The van der Waals surface area contributed by atoms with E-state index < -0.39 is 0 Å². The van der Waals surface area contributed by atoms with E-state index in [1.165, 1.54) is 28.4 Å². The van der Waals surface area contributed by atoms with Crippen LogP contribution >= 0.6 is 0 Å². The molecular weight excluding hydrogens is 336 g/mol. The average molecular weight is 356 g/mol. The largest absolute Gasteiger partial charge is 0.504 e. The molecule has 0 spiro atoms. The molecule has 3 rings (SSSR count). The quantitative estimate of drug-likeness (QED) is 0.829. The zero-order valence-electron chi connectivity index (χ0n) is 15.1. The molecule has 2 aromatic carbocycles. The van der Waals surface area contributed by atoms with Gasteiger partial charge in [-0.3, -0.25) is 4.79 Å². The second-order valence-electron chi connectivity index (χ2n) is 5.79. The molecule has 0 atom stereocenters. The van der Waals surface area contributed by atoms with Gasteiger partial charge in [-0.1, -0.05) is 6.07 Å². The van der Waals surface area contributed by atoms with Crippen LogP contribution in [0, 0.1) is 0 Å². The first-order chi connectivity index (χ1) is 12.5. The Balaban J connectivity index is 2.06. The Hall–Kier alpha value is -3.15. The average Bonchev–Trinajstić information content (AvgIpc) is 2.95. The lowest BCUT2D eigenvalue weighted by molar-refractivity contribution is 0.103. The molecule has 136 valence electrons. The van der Waals surface area contributed by atoms with Gasteiger partial charge in [0.1, 0.15) is 0 Å². The molecule has 2 aromatic rings. The van der Waals surface area contributed by atoms with Crippen molar-refractivity contribution in [2.75, 3.05) is 28.4 Å². The molecule has 1 aliphatic carbocycles. The maximum absolute atomic E-state index is 12.9. The van der Waals surface area contributed by atoms with Crippen molar-refractivity contribution in [2.24, 2.45) is 0 Å². The SMILES string of the molecule is COc1ccc(/C=C2\Cc3cc(OC)c(OC)c(OC)c3C2=O)cc1O. The van der Waals surface area contributed by atoms with Crippen molar-refractivity contribution < 1.29 is 28.8 Å². The standard InChI is InChI=1S/C20H20O6/c1-23-15-6-5-11(8-14(15)21)7-13-9-12-10-16(24-2)19(25-3)20(26-4)17(12)18(13)22/h5-8,10,21H,9H2,1-4H3/b13-7+. The number of aromatic hydroxyl groups is 1. The van der Waals surface area contributed by atoms with E-state index in [1.807, 2.05) is 0 Å². The maximum Gasteiger partial charge on any atom is 0.204 e. The van der Waals surface area contributed by atoms with Gasteiger partial charge in [0, 0.05) is 12.0 Å². The van der Waals surface area contributed by atoms with Crippen molar-refractivity contribution in [3.8, 4) is 28.7 Å². The minimum absolute atomic E-state index is 0.0192. The summed E-state index contributed by atoms with van der Waals surface area (Å²) >= 11 is 0. The van der Waals surface area contributed by atoms with E-state index in [1.54, 1.807) is 30.3 Å². The monoisotopic (exact) mass is 356 g/mol. The van der Waals surface area contributed by atoms with Gasteiger partial charge in [0.25, 0.3) is 0 Å². The lowest BCUT2D eigenvalue weighted by atomic mass is 10.1. The van der Waals surface area contributed by atoms with Crippen molar-refractivity contribution >= 4 is 11.9 Å². The summed E-state index contributed by atoms with van der Waals surface area (Å²) in [4.78, 5) is 12.9. The second kappa shape index (κ2) is 7.00. The minimum Gasteiger partial charge on any atom is -0.504 e. The van der Waals surface area contributed by atoms with Crippen LogP contribution < -0.4 is 18.9 Å². The van der Waals surface area contributed by atoms with Crippen molar-refractivity contribution in [2.45, 2.75) is 6.42 Å². The Morgan fingerprint density at radius 2 is 1.62 bits per heavy atom. The molecule has 0 heterocycles. The van der Waals surface area contributed by atoms with E-state index >= 15 is 0 Å². The van der Waals surface area contributed by atoms with E-state index in [9.17, 15) is 9.90 Å². The molecular formula is C20H20O6. The number of ether oxygens (including phenoxy) is 4. The summed E-state index contributed by atoms with van der Waals surface area (Å²) in [5.74, 6) is 1.54. The van der Waals surface area contributed by atoms with Gasteiger partial charge >= 0.3 is 0 Å². The van der Waals surface area contributed by atoms with Crippen LogP contribution in [0.5, 0.6) is 28.7 Å². The van der Waals surface area contributed by atoms with Crippen LogP contribution in [-0.2, 0) is 6.42 Å². The predicted molar refractivity (Wildman–Crippen MR) is 96.8 cm³/mol. The van der Waals surface area contributed by atoms with E-state index in [2.05, 4.69) is 0 Å². The van der Waals surface area contributed by atoms with Gasteiger partial charge in [0.05, 0.1) is 34.0 Å². The fraction of sp³-hybridized carbons (Fsp3) is 0.250. The van der Waals surface area contributed by atoms with Gasteiger partial charge in [0.2, 0.25) is 5.75 Å². The topological polar surface area (TPSA) is 74.2 Å². The van der Waals surface area contributed by atoms with E-state index in [-0.39, 0.29) is 11.5 Å². The molecule has 26 heavy (non-hydrogen) atoms. The molecule has 0 unspecified atom stereocenters. The van der Waals surface area contributed by atoms with E-state index in [0.29, 0.717) is 46.1 Å². The van der Waals surface area contributed by atoms with E-state index in [4.69, 9.17) is 18.9 Å². The van der Waals surface area contributed by atoms with Gasteiger partial charge < -0.3 is 24.1 Å². The molecule has 6 nitrogen and oxygen atoms in total. The fourth-order valence-electron chi connectivity index (χ4n) is 3.16. The summed E-state index contributed by atoms with van der Waals surface area (Å²) in [6.07, 6.45) is 2.19.